The number of esters is 2. The van der Waals surface area contributed by atoms with Gasteiger partial charge in [-0.25, -0.2) is 4.79 Å². The first-order valence-electron chi connectivity index (χ1n) is 40.0. The molecule has 0 radical (unpaired) electrons. The van der Waals surface area contributed by atoms with E-state index in [1.54, 1.807) is 0 Å². The standard InChI is InChI=1S/C88H149NO8/c1-6-8-10-12-14-16-18-20-22-24-26-28-30-32-34-36-38-40-41-42-43-44-45-47-49-51-53-55-57-59-61-63-65-67-69-71-73-75-77-79-86(91)97-84(83-96-88(87(92)93)94-81-80-89(3,4)5)82-95-85(90)78-76-74-72-70-68-66-64-62-60-58-56-54-52-50-48-46-39-37-35-33-31-29-27-25-23-21-19-17-15-13-11-9-7-2/h8-11,14-17,20-23,26-29,32-35,38-40,46,84,88H,6-7,12-13,18-19,24-25,30-31,36-37,41-45,47-83H2,1-5H3/p+1/b10-8-,11-9-,16-14-,17-15-,22-20-,23-21-,28-26-,29-27-,34-32-,35-33-,40-38-,46-39-. The maximum Gasteiger partial charge on any atom is 0.361 e. The number of carbonyl (C=O) groups excluding carboxylic acids is 2. The van der Waals surface area contributed by atoms with Crippen LogP contribution in [0.15, 0.2) is 146 Å². The fourth-order valence-electron chi connectivity index (χ4n) is 11.1. The van der Waals surface area contributed by atoms with Gasteiger partial charge in [-0.15, -0.1) is 0 Å². The lowest BCUT2D eigenvalue weighted by atomic mass is 10.0. The summed E-state index contributed by atoms with van der Waals surface area (Å²) in [5.41, 5.74) is 0. The highest BCUT2D eigenvalue weighted by molar-refractivity contribution is 5.71. The number of hydrogen-bond donors (Lipinski definition) is 1. The Bertz CT molecular complexity index is 2110. The maximum atomic E-state index is 13.0. The van der Waals surface area contributed by atoms with Crippen LogP contribution in [-0.2, 0) is 33.3 Å². The summed E-state index contributed by atoms with van der Waals surface area (Å²) in [6.07, 6.45) is 110. The molecule has 0 saturated heterocycles. The van der Waals surface area contributed by atoms with Crippen LogP contribution < -0.4 is 0 Å². The van der Waals surface area contributed by atoms with Crippen LogP contribution in [0.2, 0.25) is 0 Å². The first kappa shape index (κ1) is 92.2. The third-order valence-electron chi connectivity index (χ3n) is 17.1. The molecule has 1 N–H and O–H groups in total. The van der Waals surface area contributed by atoms with Crippen LogP contribution in [0.1, 0.15) is 335 Å². The van der Waals surface area contributed by atoms with Gasteiger partial charge in [0.1, 0.15) is 13.2 Å². The highest BCUT2D eigenvalue weighted by atomic mass is 16.7. The number of rotatable bonds is 73. The van der Waals surface area contributed by atoms with E-state index in [-0.39, 0.29) is 32.2 Å². The Hall–Kier alpha value is -4.83. The smallest absolute Gasteiger partial charge is 0.361 e. The summed E-state index contributed by atoms with van der Waals surface area (Å²) < 4.78 is 23.1. The van der Waals surface area contributed by atoms with Crippen molar-refractivity contribution in [2.75, 3.05) is 47.5 Å². The number of quaternary nitrogens is 1. The van der Waals surface area contributed by atoms with Crippen molar-refractivity contribution in [2.45, 2.75) is 347 Å². The number of carboxylic acid groups (broad SMARTS) is 1. The lowest BCUT2D eigenvalue weighted by Gasteiger charge is -2.25. The van der Waals surface area contributed by atoms with Crippen LogP contribution in [0.4, 0.5) is 0 Å². The molecule has 0 amide bonds. The molecular formula is C88H150NO8+. The lowest BCUT2D eigenvalue weighted by Crippen LogP contribution is -2.40. The molecule has 0 heterocycles. The zero-order valence-corrected chi connectivity index (χ0v) is 63.4. The van der Waals surface area contributed by atoms with Gasteiger partial charge in [-0.2, -0.15) is 0 Å². The summed E-state index contributed by atoms with van der Waals surface area (Å²) in [7, 11) is 5.99. The number of carboxylic acids is 1. The number of aliphatic carboxylic acids is 1. The maximum absolute atomic E-state index is 13.0. The normalized spacial score (nSPS) is 13.5. The second-order valence-electron chi connectivity index (χ2n) is 27.6. The van der Waals surface area contributed by atoms with E-state index in [1.807, 2.05) is 21.1 Å². The van der Waals surface area contributed by atoms with E-state index in [4.69, 9.17) is 18.9 Å². The molecule has 0 bridgehead atoms. The summed E-state index contributed by atoms with van der Waals surface area (Å²) in [6, 6.07) is 0. The number of allylic oxidation sites excluding steroid dienone is 24. The Morgan fingerprint density at radius 1 is 0.309 bits per heavy atom. The molecule has 0 aromatic heterocycles. The zero-order chi connectivity index (χ0) is 70.4. The van der Waals surface area contributed by atoms with Crippen LogP contribution in [0, 0.1) is 0 Å². The fourth-order valence-corrected chi connectivity index (χ4v) is 11.1. The molecule has 97 heavy (non-hydrogen) atoms. The molecule has 0 saturated carbocycles. The Kier molecular flexibility index (Phi) is 73.1. The molecule has 2 atom stereocenters. The molecule has 2 unspecified atom stereocenters. The molecule has 9 nitrogen and oxygen atoms in total. The van der Waals surface area contributed by atoms with Crippen molar-refractivity contribution in [1.82, 2.24) is 0 Å². The molecule has 0 aliphatic heterocycles. The third kappa shape index (κ3) is 78.4. The average Bonchev–Trinajstić information content (AvgIpc) is 2.39. The van der Waals surface area contributed by atoms with Crippen molar-refractivity contribution in [3.05, 3.63) is 146 Å². The minimum absolute atomic E-state index is 0.184. The van der Waals surface area contributed by atoms with Crippen molar-refractivity contribution in [2.24, 2.45) is 0 Å². The van der Waals surface area contributed by atoms with Gasteiger partial charge in [0.25, 0.3) is 6.29 Å². The lowest BCUT2D eigenvalue weighted by molar-refractivity contribution is -0.870. The van der Waals surface area contributed by atoms with Crippen LogP contribution >= 0.6 is 0 Å². The Labute approximate surface area is 598 Å². The number of hydrogen-bond acceptors (Lipinski definition) is 7. The Morgan fingerprint density at radius 3 is 0.825 bits per heavy atom. The average molecular weight is 1350 g/mol. The molecule has 0 aliphatic carbocycles. The molecule has 0 fully saturated rings. The van der Waals surface area contributed by atoms with Gasteiger partial charge >= 0.3 is 17.9 Å². The molecule has 0 aromatic rings. The van der Waals surface area contributed by atoms with E-state index < -0.39 is 24.3 Å². The van der Waals surface area contributed by atoms with E-state index in [2.05, 4.69) is 160 Å². The minimum Gasteiger partial charge on any atom is -0.477 e. The Balaban J connectivity index is 4.03. The molecule has 554 valence electrons. The van der Waals surface area contributed by atoms with Crippen molar-refractivity contribution < 1.29 is 42.9 Å². The van der Waals surface area contributed by atoms with Crippen LogP contribution in [-0.4, -0.2) is 87.4 Å². The summed E-state index contributed by atoms with van der Waals surface area (Å²) in [4.78, 5) is 37.8. The largest absolute Gasteiger partial charge is 0.477 e. The number of unbranched alkanes of at least 4 members (excludes halogenated alkanes) is 34. The highest BCUT2D eigenvalue weighted by Crippen LogP contribution is 2.18. The van der Waals surface area contributed by atoms with Crippen molar-refractivity contribution >= 4 is 17.9 Å². The molecule has 0 spiro atoms. The van der Waals surface area contributed by atoms with E-state index in [9.17, 15) is 19.5 Å². The number of likely N-dealkylation sites (N-methyl/N-ethyl adjacent to an activating group) is 1. The summed E-state index contributed by atoms with van der Waals surface area (Å²) in [5, 5.41) is 9.78. The highest BCUT2D eigenvalue weighted by Gasteiger charge is 2.25. The molecular weight excluding hydrogens is 1200 g/mol. The van der Waals surface area contributed by atoms with E-state index in [0.717, 1.165) is 116 Å². The third-order valence-corrected chi connectivity index (χ3v) is 17.1. The zero-order valence-electron chi connectivity index (χ0n) is 63.4. The SMILES string of the molecule is CC/C=C\C/C=C\C/C=C\C/C=C\C/C=C\C/C=C\CCCCCCCCCCCCCCCCCCCCCCC(=O)OC(COC(=O)CCCCCCCCCCCCCCCC/C=C\C/C=C\C/C=C\C/C=C\C/C=C\C/C=C\CC)COC(OCC[N+](C)(C)C)C(=O)O. The monoisotopic (exact) mass is 1350 g/mol. The first-order chi connectivity index (χ1) is 47.6. The second kappa shape index (κ2) is 76.9. The quantitative estimate of drug-likeness (QED) is 0.0211. The topological polar surface area (TPSA) is 108 Å². The van der Waals surface area contributed by atoms with Gasteiger partial charge in [0.05, 0.1) is 34.4 Å². The van der Waals surface area contributed by atoms with E-state index in [0.29, 0.717) is 17.4 Å². The van der Waals surface area contributed by atoms with Gasteiger partial charge in [0.15, 0.2) is 6.10 Å². The predicted octanol–water partition coefficient (Wildman–Crippen LogP) is 25.8. The van der Waals surface area contributed by atoms with Gasteiger partial charge in [0.2, 0.25) is 0 Å². The van der Waals surface area contributed by atoms with E-state index >= 15 is 0 Å². The van der Waals surface area contributed by atoms with Crippen LogP contribution in [0.5, 0.6) is 0 Å². The van der Waals surface area contributed by atoms with E-state index in [1.165, 1.54) is 193 Å². The number of carbonyl (C=O) groups is 3. The minimum atomic E-state index is -1.52. The van der Waals surface area contributed by atoms with Gasteiger partial charge < -0.3 is 28.5 Å². The first-order valence-corrected chi connectivity index (χ1v) is 40.0. The molecule has 0 aromatic carbocycles. The van der Waals surface area contributed by atoms with Gasteiger partial charge in [-0.1, -0.05) is 352 Å². The summed E-state index contributed by atoms with van der Waals surface area (Å²) in [5.74, 6) is -2.00. The predicted molar refractivity (Wildman–Crippen MR) is 419 cm³/mol. The van der Waals surface area contributed by atoms with Crippen LogP contribution in [0.3, 0.4) is 0 Å². The van der Waals surface area contributed by atoms with Gasteiger partial charge in [0, 0.05) is 12.8 Å². The number of nitrogens with zero attached hydrogens (tertiary/aromatic N) is 1. The van der Waals surface area contributed by atoms with Crippen molar-refractivity contribution in [1.29, 1.82) is 0 Å². The molecule has 0 aliphatic rings. The molecule has 9 heteroatoms. The Morgan fingerprint density at radius 2 is 0.557 bits per heavy atom. The van der Waals surface area contributed by atoms with Crippen molar-refractivity contribution in [3.8, 4) is 0 Å². The van der Waals surface area contributed by atoms with Gasteiger partial charge in [-0.05, 0) is 116 Å². The number of ether oxygens (including phenoxy) is 4. The fraction of sp³-hybridized carbons (Fsp3) is 0.693. The van der Waals surface area contributed by atoms with Crippen LogP contribution in [0.25, 0.3) is 0 Å². The summed E-state index contributed by atoms with van der Waals surface area (Å²) in [6.45, 7) is 4.68. The molecule has 0 rings (SSSR count). The van der Waals surface area contributed by atoms with Gasteiger partial charge in [-0.3, -0.25) is 9.59 Å². The van der Waals surface area contributed by atoms with Crippen molar-refractivity contribution in [3.63, 3.8) is 0 Å². The summed E-state index contributed by atoms with van der Waals surface area (Å²) >= 11 is 0. The second-order valence-corrected chi connectivity index (χ2v) is 27.6.